The molecular weight excluding hydrogens is 532 g/mol. The molecule has 2 aromatic heterocycles. The second kappa shape index (κ2) is 11.3. The predicted molar refractivity (Wildman–Crippen MR) is 141 cm³/mol. The quantitative estimate of drug-likeness (QED) is 0.188. The Labute approximate surface area is 226 Å². The van der Waals surface area contributed by atoms with E-state index in [1.807, 2.05) is 0 Å². The van der Waals surface area contributed by atoms with E-state index in [1.165, 1.54) is 17.9 Å². The van der Waals surface area contributed by atoms with Crippen molar-refractivity contribution in [2.24, 2.45) is 0 Å². The van der Waals surface area contributed by atoms with Gasteiger partial charge in [-0.25, -0.2) is 27.8 Å². The van der Waals surface area contributed by atoms with E-state index in [-0.39, 0.29) is 28.7 Å². The van der Waals surface area contributed by atoms with Crippen molar-refractivity contribution in [1.29, 1.82) is 0 Å². The van der Waals surface area contributed by atoms with Crippen LogP contribution in [0.2, 0.25) is 0 Å². The van der Waals surface area contributed by atoms with E-state index in [4.69, 9.17) is 4.74 Å². The fourth-order valence-electron chi connectivity index (χ4n) is 4.27. The lowest BCUT2D eigenvalue weighted by atomic mass is 10.1. The summed E-state index contributed by atoms with van der Waals surface area (Å²) in [5, 5.41) is 28.7. The molecule has 0 spiro atoms. The number of urea groups is 1. The smallest absolute Gasteiger partial charge is 0.325 e. The van der Waals surface area contributed by atoms with Crippen molar-refractivity contribution in [2.75, 3.05) is 24.2 Å². The summed E-state index contributed by atoms with van der Waals surface area (Å²) >= 11 is -2.54. The molecule has 0 saturated carbocycles. The molecule has 0 radical (unpaired) electrons. The van der Waals surface area contributed by atoms with E-state index < -0.39 is 51.6 Å². The summed E-state index contributed by atoms with van der Waals surface area (Å²) in [6.45, 7) is 5.54. The van der Waals surface area contributed by atoms with Crippen molar-refractivity contribution in [2.45, 2.75) is 51.4 Å². The largest absolute Gasteiger partial charge is 0.724 e. The van der Waals surface area contributed by atoms with Crippen LogP contribution in [0.1, 0.15) is 27.0 Å². The molecule has 1 saturated heterocycles. The zero-order valence-corrected chi connectivity index (χ0v) is 22.5. The lowest BCUT2D eigenvalue weighted by Gasteiger charge is -2.38. The maximum atomic E-state index is 13.0. The highest BCUT2D eigenvalue weighted by atomic mass is 32.2. The second-order valence-electron chi connectivity index (χ2n) is 9.27. The van der Waals surface area contributed by atoms with Gasteiger partial charge in [-0.3, -0.25) is 14.7 Å². The standard InChI is InChI=1S/C23H30N8O7S/c1-5-24-21(34)18-16(32)17(33)22(38-18)30-11-27-15-19(25-10-26-20(15)30)29-23(35)28-13-8-6-7-9-14(13)31(4,12(2)3)39(36)37/h6-12,16-18,22,32-33H,5H2,1-4H3,(H3-,24,25,26,28,29,34,35,36,37)/t16-,17+,18-,22+,31?/m0/s1. The van der Waals surface area contributed by atoms with Crippen molar-refractivity contribution >= 4 is 51.6 Å². The molecule has 39 heavy (non-hydrogen) atoms. The van der Waals surface area contributed by atoms with Crippen LogP contribution >= 0.6 is 0 Å². The summed E-state index contributed by atoms with van der Waals surface area (Å²) in [6.07, 6.45) is -2.97. The molecule has 210 valence electrons. The van der Waals surface area contributed by atoms with Crippen LogP contribution in [0.15, 0.2) is 36.9 Å². The van der Waals surface area contributed by atoms with Crippen molar-refractivity contribution in [3.05, 3.63) is 36.9 Å². The van der Waals surface area contributed by atoms with Gasteiger partial charge in [0, 0.05) is 12.6 Å². The number of benzene rings is 1. The van der Waals surface area contributed by atoms with Crippen molar-refractivity contribution in [1.82, 2.24) is 28.7 Å². The zero-order valence-electron chi connectivity index (χ0n) is 21.6. The molecular formula is C23H30N8O7S. The summed E-state index contributed by atoms with van der Waals surface area (Å²) in [5.41, 5.74) is 0.954. The number of aromatic nitrogens is 4. The molecule has 1 fully saturated rings. The van der Waals surface area contributed by atoms with Gasteiger partial charge in [-0.2, -0.15) is 0 Å². The number of quaternary nitrogens is 1. The third-order valence-electron chi connectivity index (χ3n) is 6.64. The van der Waals surface area contributed by atoms with Crippen molar-refractivity contribution < 1.29 is 33.3 Å². The van der Waals surface area contributed by atoms with E-state index in [2.05, 4.69) is 30.9 Å². The van der Waals surface area contributed by atoms with Crippen LogP contribution in [0, 0.1) is 0 Å². The summed E-state index contributed by atoms with van der Waals surface area (Å²) in [4.78, 5) is 37.7. The summed E-state index contributed by atoms with van der Waals surface area (Å²) in [6, 6.07) is 5.48. The van der Waals surface area contributed by atoms with Gasteiger partial charge < -0.3 is 30.1 Å². The monoisotopic (exact) mass is 562 g/mol. The minimum absolute atomic E-state index is 0.0237. The number of amides is 3. The molecule has 0 aliphatic carbocycles. The number of hydrogen-bond acceptors (Lipinski definition) is 10. The van der Waals surface area contributed by atoms with E-state index in [9.17, 15) is 28.6 Å². The SMILES string of the molecule is CCNC(=O)[C@H]1O[C@@H](n2cnc3c(NC(=O)Nc4ccccc4[N+](C)(C(C)C)S(=O)[O-])ncnc32)[C@H](O)[C@@H]1O. The van der Waals surface area contributed by atoms with Crippen LogP contribution in [0.25, 0.3) is 11.2 Å². The molecule has 5 N–H and O–H groups in total. The molecule has 1 aliphatic rings. The Morgan fingerprint density at radius 1 is 1.18 bits per heavy atom. The highest BCUT2D eigenvalue weighted by molar-refractivity contribution is 7.78. The molecule has 1 aromatic carbocycles. The first kappa shape index (κ1) is 28.5. The number of para-hydroxylation sites is 2. The predicted octanol–water partition coefficient (Wildman–Crippen LogP) is 0.365. The van der Waals surface area contributed by atoms with Gasteiger partial charge in [0.2, 0.25) is 0 Å². The number of nitrogens with zero attached hydrogens (tertiary/aromatic N) is 5. The van der Waals surface area contributed by atoms with Gasteiger partial charge in [-0.1, -0.05) is 12.1 Å². The second-order valence-corrected chi connectivity index (χ2v) is 10.5. The molecule has 3 aromatic rings. The molecule has 6 atom stereocenters. The lowest BCUT2D eigenvalue weighted by Crippen LogP contribution is -2.52. The number of imidazole rings is 1. The van der Waals surface area contributed by atoms with Crippen LogP contribution in [0.5, 0.6) is 0 Å². The Morgan fingerprint density at radius 2 is 1.90 bits per heavy atom. The lowest BCUT2D eigenvalue weighted by molar-refractivity contribution is -0.137. The van der Waals surface area contributed by atoms with Gasteiger partial charge in [0.25, 0.3) is 5.91 Å². The van der Waals surface area contributed by atoms with Crippen LogP contribution < -0.4 is 19.8 Å². The van der Waals surface area contributed by atoms with Gasteiger partial charge in [0.1, 0.15) is 24.2 Å². The molecule has 2 unspecified atom stereocenters. The average molecular weight is 563 g/mol. The number of carbonyl (C=O) groups excluding carboxylic acids is 2. The van der Waals surface area contributed by atoms with Crippen LogP contribution in [0.3, 0.4) is 0 Å². The fraction of sp³-hybridized carbons (Fsp3) is 0.435. The van der Waals surface area contributed by atoms with E-state index in [0.717, 1.165) is 6.33 Å². The maximum Gasteiger partial charge on any atom is 0.325 e. The number of aliphatic hydroxyl groups is 2. The zero-order chi connectivity index (χ0) is 28.5. The Kier molecular flexibility index (Phi) is 8.24. The maximum absolute atomic E-state index is 13.0. The third-order valence-corrected chi connectivity index (χ3v) is 7.88. The molecule has 15 nitrogen and oxygen atoms in total. The fourth-order valence-corrected chi connectivity index (χ4v) is 4.93. The third kappa shape index (κ3) is 5.21. The number of nitrogens with one attached hydrogen (secondary N) is 3. The molecule has 16 heteroatoms. The van der Waals surface area contributed by atoms with Crippen LogP contribution in [0.4, 0.5) is 22.0 Å². The minimum atomic E-state index is -2.54. The highest BCUT2D eigenvalue weighted by Crippen LogP contribution is 2.35. The first-order valence-corrected chi connectivity index (χ1v) is 13.1. The van der Waals surface area contributed by atoms with E-state index >= 15 is 0 Å². The minimum Gasteiger partial charge on any atom is -0.724 e. The highest BCUT2D eigenvalue weighted by Gasteiger charge is 2.47. The summed E-state index contributed by atoms with van der Waals surface area (Å²) < 4.78 is 30.8. The Balaban J connectivity index is 1.58. The number of carbonyl (C=O) groups is 2. The molecule has 3 heterocycles. The van der Waals surface area contributed by atoms with Gasteiger partial charge in [0.05, 0.1) is 19.4 Å². The van der Waals surface area contributed by atoms with E-state index in [1.54, 1.807) is 45.0 Å². The van der Waals surface area contributed by atoms with E-state index in [0.29, 0.717) is 12.2 Å². The number of rotatable bonds is 8. The Bertz CT molecular complexity index is 1400. The number of ether oxygens (including phenoxy) is 1. The summed E-state index contributed by atoms with van der Waals surface area (Å²) in [7, 11) is 1.53. The Morgan fingerprint density at radius 3 is 2.56 bits per heavy atom. The number of hydrogen-bond donors (Lipinski definition) is 5. The number of likely N-dealkylation sites (N-methyl/N-ethyl adjacent to an activating group) is 1. The number of anilines is 2. The number of fused-ring (bicyclic) bond motifs is 1. The van der Waals surface area contributed by atoms with Gasteiger partial charge >= 0.3 is 6.03 Å². The van der Waals surface area contributed by atoms with Gasteiger partial charge in [-0.05, 0) is 26.8 Å². The van der Waals surface area contributed by atoms with Crippen molar-refractivity contribution in [3.8, 4) is 0 Å². The van der Waals surface area contributed by atoms with Crippen LogP contribution in [-0.2, 0) is 20.8 Å². The van der Waals surface area contributed by atoms with Crippen molar-refractivity contribution in [3.63, 3.8) is 0 Å². The number of aliphatic hydroxyl groups excluding tert-OH is 2. The summed E-state index contributed by atoms with van der Waals surface area (Å²) in [5.74, 6) is -0.548. The molecule has 4 rings (SSSR count). The molecule has 0 bridgehead atoms. The average Bonchev–Trinajstić information content (AvgIpc) is 3.45. The van der Waals surface area contributed by atoms with Gasteiger partial charge in [-0.15, -0.1) is 0 Å². The first-order valence-electron chi connectivity index (χ1n) is 12.1. The molecule has 3 amide bonds. The Hall–Kier alpha value is -3.54. The topological polar surface area (TPSA) is 204 Å². The normalized spacial score (nSPS) is 23.4. The first-order chi connectivity index (χ1) is 18.5. The van der Waals surface area contributed by atoms with Gasteiger partial charge in [0.15, 0.2) is 46.3 Å². The van der Waals surface area contributed by atoms with Crippen LogP contribution in [-0.4, -0.2) is 88.4 Å². The molecule has 1 aliphatic heterocycles.